The van der Waals surface area contributed by atoms with Gasteiger partial charge in [0.25, 0.3) is 0 Å². The first-order valence-electron chi connectivity index (χ1n) is 2.99. The zero-order valence-electron chi connectivity index (χ0n) is 6.28. The lowest BCUT2D eigenvalue weighted by molar-refractivity contribution is 0.373. The zero-order valence-corrected chi connectivity index (χ0v) is 6.28. The van der Waals surface area contributed by atoms with Gasteiger partial charge in [-0.3, -0.25) is 0 Å². The minimum absolute atomic E-state index is 1.16. The lowest BCUT2D eigenvalue weighted by Crippen LogP contribution is -2.15. The Morgan fingerprint density at radius 1 is 1.12 bits per heavy atom. The average molecular weight is 115 g/mol. The number of nitrogens with zero attached hydrogens (tertiary/aromatic N) is 1. The summed E-state index contributed by atoms with van der Waals surface area (Å²) in [6.07, 6.45) is 0. The minimum atomic E-state index is 1.16. The summed E-state index contributed by atoms with van der Waals surface area (Å²) in [5, 5.41) is 0. The van der Waals surface area contributed by atoms with E-state index in [1.54, 1.807) is 0 Å². The molecule has 1 heteroatoms. The summed E-state index contributed by atoms with van der Waals surface area (Å²) in [4.78, 5) is 2.25. The van der Waals surface area contributed by atoms with Crippen molar-refractivity contribution >= 4 is 0 Å². The smallest absolute Gasteiger partial charge is 0.00504 e. The van der Waals surface area contributed by atoms with Gasteiger partial charge in [-0.2, -0.15) is 0 Å². The average Bonchev–Trinajstić information content (AvgIpc) is 1.91. The fraction of sp³-hybridized carbons (Fsp3) is 0.714. The zero-order chi connectivity index (χ0) is 6.99. The summed E-state index contributed by atoms with van der Waals surface area (Å²) >= 11 is 0. The van der Waals surface area contributed by atoms with Crippen LogP contribution in [0.2, 0.25) is 0 Å². The normalized spacial score (nSPS) is 8.00. The molecular weight excluding hydrogens is 98.1 g/mol. The number of hydrogen-bond donors (Lipinski definition) is 0. The van der Waals surface area contributed by atoms with E-state index >= 15 is 0 Å². The second-order valence-electron chi connectivity index (χ2n) is 1.49. The van der Waals surface area contributed by atoms with Crippen LogP contribution in [0.1, 0.15) is 13.8 Å². The van der Waals surface area contributed by atoms with Crippen molar-refractivity contribution in [2.75, 3.05) is 20.1 Å². The van der Waals surface area contributed by atoms with Crippen LogP contribution in [-0.4, -0.2) is 25.0 Å². The first kappa shape index (κ1) is 10.6. The van der Waals surface area contributed by atoms with E-state index in [1.165, 1.54) is 0 Å². The molecule has 50 valence electrons. The molecule has 0 aromatic heterocycles. The lowest BCUT2D eigenvalue weighted by atomic mass is 10.6. The maximum absolute atomic E-state index is 3.00. The summed E-state index contributed by atoms with van der Waals surface area (Å²) in [5.74, 6) is 0. The maximum atomic E-state index is 3.00. The van der Waals surface area contributed by atoms with Gasteiger partial charge in [-0.1, -0.05) is 13.8 Å². The van der Waals surface area contributed by atoms with Crippen LogP contribution in [0.15, 0.2) is 13.2 Å². The summed E-state index contributed by atoms with van der Waals surface area (Å²) in [7, 11) is 2.11. The Bertz CT molecular complexity index is 31.4. The Hall–Kier alpha value is -0.300. The third-order valence-corrected chi connectivity index (χ3v) is 1.08. The van der Waals surface area contributed by atoms with E-state index in [9.17, 15) is 0 Å². The highest BCUT2D eigenvalue weighted by Crippen LogP contribution is 1.73. The van der Waals surface area contributed by atoms with Gasteiger partial charge in [0.15, 0.2) is 0 Å². The van der Waals surface area contributed by atoms with Crippen LogP contribution in [0.4, 0.5) is 0 Å². The van der Waals surface area contributed by atoms with Crippen molar-refractivity contribution < 1.29 is 0 Å². The molecule has 0 aliphatic carbocycles. The minimum Gasteiger partial charge on any atom is -0.307 e. The Balaban J connectivity index is 0. The third-order valence-electron chi connectivity index (χ3n) is 1.08. The molecule has 0 spiro atoms. The molecule has 8 heavy (non-hydrogen) atoms. The van der Waals surface area contributed by atoms with Crippen molar-refractivity contribution in [3.8, 4) is 0 Å². The molecule has 0 aliphatic heterocycles. The van der Waals surface area contributed by atoms with Gasteiger partial charge in [0.1, 0.15) is 0 Å². The lowest BCUT2D eigenvalue weighted by Gasteiger charge is -2.07. The molecule has 0 saturated carbocycles. The highest BCUT2D eigenvalue weighted by atomic mass is 15.1. The Morgan fingerprint density at radius 3 is 1.38 bits per heavy atom. The van der Waals surface area contributed by atoms with Crippen molar-refractivity contribution in [1.82, 2.24) is 4.90 Å². The van der Waals surface area contributed by atoms with E-state index in [4.69, 9.17) is 0 Å². The van der Waals surface area contributed by atoms with Crippen LogP contribution in [0.5, 0.6) is 0 Å². The predicted molar refractivity (Wildman–Crippen MR) is 40.1 cm³/mol. The summed E-state index contributed by atoms with van der Waals surface area (Å²) in [6.45, 7) is 12.6. The second-order valence-corrected chi connectivity index (χ2v) is 1.49. The monoisotopic (exact) mass is 115 g/mol. The van der Waals surface area contributed by atoms with Gasteiger partial charge in [0.05, 0.1) is 0 Å². The van der Waals surface area contributed by atoms with E-state index < -0.39 is 0 Å². The summed E-state index contributed by atoms with van der Waals surface area (Å²) in [5.41, 5.74) is 0. The molecule has 0 N–H and O–H groups in total. The van der Waals surface area contributed by atoms with Gasteiger partial charge < -0.3 is 4.90 Å². The first-order valence-corrected chi connectivity index (χ1v) is 2.99. The van der Waals surface area contributed by atoms with E-state index in [1.807, 2.05) is 0 Å². The van der Waals surface area contributed by atoms with Crippen molar-refractivity contribution in [2.45, 2.75) is 13.8 Å². The van der Waals surface area contributed by atoms with Crippen LogP contribution in [0.3, 0.4) is 0 Å². The molecule has 0 aromatic carbocycles. The van der Waals surface area contributed by atoms with E-state index in [-0.39, 0.29) is 0 Å². The molecule has 0 unspecified atom stereocenters. The Kier molecular flexibility index (Phi) is 13.1. The van der Waals surface area contributed by atoms with Gasteiger partial charge in [-0.15, -0.1) is 13.2 Å². The standard InChI is InChI=1S/C5H13N.C2H4/c1-4-6(3)5-2;1-2/h4-5H2,1-3H3;1-2H2. The molecule has 0 bridgehead atoms. The fourth-order valence-corrected chi connectivity index (χ4v) is 0.224. The molecule has 0 rings (SSSR count). The second kappa shape index (κ2) is 9.85. The quantitative estimate of drug-likeness (QED) is 0.496. The molecule has 0 radical (unpaired) electrons. The SMILES string of the molecule is C=C.CCN(C)CC. The van der Waals surface area contributed by atoms with E-state index in [0.29, 0.717) is 0 Å². The number of rotatable bonds is 2. The first-order chi connectivity index (χ1) is 3.81. The molecule has 0 atom stereocenters. The van der Waals surface area contributed by atoms with Gasteiger partial charge in [-0.05, 0) is 20.1 Å². The van der Waals surface area contributed by atoms with Crippen molar-refractivity contribution in [3.63, 3.8) is 0 Å². The fourth-order valence-electron chi connectivity index (χ4n) is 0.224. The maximum Gasteiger partial charge on any atom is -0.00504 e. The van der Waals surface area contributed by atoms with Gasteiger partial charge in [0.2, 0.25) is 0 Å². The van der Waals surface area contributed by atoms with Crippen LogP contribution in [0.25, 0.3) is 0 Å². The highest BCUT2D eigenvalue weighted by Gasteiger charge is 1.81. The Morgan fingerprint density at radius 2 is 1.38 bits per heavy atom. The van der Waals surface area contributed by atoms with Crippen molar-refractivity contribution in [2.24, 2.45) is 0 Å². The van der Waals surface area contributed by atoms with Gasteiger partial charge in [-0.25, -0.2) is 0 Å². The van der Waals surface area contributed by atoms with Crippen molar-refractivity contribution in [3.05, 3.63) is 13.2 Å². The molecule has 0 fully saturated rings. The number of hydrogen-bond acceptors (Lipinski definition) is 1. The van der Waals surface area contributed by atoms with Crippen LogP contribution < -0.4 is 0 Å². The molecular formula is C7H17N. The third kappa shape index (κ3) is 9.20. The summed E-state index contributed by atoms with van der Waals surface area (Å²) in [6, 6.07) is 0. The Labute approximate surface area is 53.0 Å². The van der Waals surface area contributed by atoms with Gasteiger partial charge in [0, 0.05) is 0 Å². The molecule has 0 saturated heterocycles. The molecule has 0 amide bonds. The molecule has 1 nitrogen and oxygen atoms in total. The largest absolute Gasteiger partial charge is 0.307 e. The van der Waals surface area contributed by atoms with Crippen LogP contribution in [0, 0.1) is 0 Å². The van der Waals surface area contributed by atoms with Crippen LogP contribution in [-0.2, 0) is 0 Å². The predicted octanol–water partition coefficient (Wildman–Crippen LogP) is 1.76. The van der Waals surface area contributed by atoms with Gasteiger partial charge >= 0.3 is 0 Å². The molecule has 0 aliphatic rings. The van der Waals surface area contributed by atoms with Crippen molar-refractivity contribution in [1.29, 1.82) is 0 Å². The van der Waals surface area contributed by atoms with Crippen LogP contribution >= 0.6 is 0 Å². The van der Waals surface area contributed by atoms with E-state index in [2.05, 4.69) is 39.0 Å². The molecule has 0 aromatic rings. The topological polar surface area (TPSA) is 3.24 Å². The molecule has 0 heterocycles. The van der Waals surface area contributed by atoms with E-state index in [0.717, 1.165) is 13.1 Å². The summed E-state index contributed by atoms with van der Waals surface area (Å²) < 4.78 is 0. The highest BCUT2D eigenvalue weighted by molar-refractivity contribution is 4.36.